The van der Waals surface area contributed by atoms with Crippen LogP contribution in [-0.4, -0.2) is 23.9 Å². The minimum absolute atomic E-state index is 0.166. The summed E-state index contributed by atoms with van der Waals surface area (Å²) < 4.78 is 0.898. The molecule has 1 amide bonds. The Morgan fingerprint density at radius 1 is 1.44 bits per heavy atom. The van der Waals surface area contributed by atoms with E-state index < -0.39 is 0 Å². The lowest BCUT2D eigenvalue weighted by molar-refractivity contribution is 0.0746. The number of carbonyl (C=O) groups excluding carboxylic acids is 1. The first-order valence-corrected chi connectivity index (χ1v) is 7.46. The molecule has 0 saturated heterocycles. The van der Waals surface area contributed by atoms with E-state index in [4.69, 9.17) is 0 Å². The first-order valence-electron chi connectivity index (χ1n) is 6.67. The largest absolute Gasteiger partial charge is 0.338 e. The van der Waals surface area contributed by atoms with Gasteiger partial charge in [-0.05, 0) is 60.2 Å². The van der Waals surface area contributed by atoms with Gasteiger partial charge in [0.15, 0.2) is 0 Å². The summed E-state index contributed by atoms with van der Waals surface area (Å²) in [5, 5.41) is 0. The molecule has 2 nitrogen and oxygen atoms in total. The monoisotopic (exact) mass is 309 g/mol. The Balaban J connectivity index is 2.17. The number of hydrogen-bond acceptors (Lipinski definition) is 1. The highest BCUT2D eigenvalue weighted by Crippen LogP contribution is 2.30. The molecule has 0 atom stereocenters. The summed E-state index contributed by atoms with van der Waals surface area (Å²) in [5.41, 5.74) is 1.92. The second kappa shape index (κ2) is 5.87. The summed E-state index contributed by atoms with van der Waals surface area (Å²) in [4.78, 5) is 14.6. The SMILES string of the molecule is CCCN(CC1CC1)C(=O)c1cc(C)ccc1Br. The van der Waals surface area contributed by atoms with E-state index in [0.717, 1.165) is 41.0 Å². The molecule has 1 aliphatic carbocycles. The van der Waals surface area contributed by atoms with Crippen molar-refractivity contribution in [3.8, 4) is 0 Å². The van der Waals surface area contributed by atoms with E-state index in [-0.39, 0.29) is 5.91 Å². The standard InChI is InChI=1S/C15H20BrNO/c1-3-8-17(10-12-5-6-12)15(18)13-9-11(2)4-7-14(13)16/h4,7,9,12H,3,5-6,8,10H2,1-2H3. The van der Waals surface area contributed by atoms with Gasteiger partial charge < -0.3 is 4.90 Å². The molecule has 0 radical (unpaired) electrons. The highest BCUT2D eigenvalue weighted by molar-refractivity contribution is 9.10. The number of rotatable bonds is 5. The summed E-state index contributed by atoms with van der Waals surface area (Å²) in [5.74, 6) is 0.906. The number of aryl methyl sites for hydroxylation is 1. The highest BCUT2D eigenvalue weighted by atomic mass is 79.9. The van der Waals surface area contributed by atoms with Crippen LogP contribution in [0.5, 0.6) is 0 Å². The Bertz CT molecular complexity index is 440. The minimum atomic E-state index is 0.166. The number of nitrogens with zero attached hydrogens (tertiary/aromatic N) is 1. The third kappa shape index (κ3) is 3.35. The molecule has 3 heteroatoms. The van der Waals surface area contributed by atoms with E-state index in [2.05, 4.69) is 22.9 Å². The lowest BCUT2D eigenvalue weighted by Gasteiger charge is -2.22. The van der Waals surface area contributed by atoms with Crippen LogP contribution in [0.3, 0.4) is 0 Å². The number of hydrogen-bond donors (Lipinski definition) is 0. The van der Waals surface area contributed by atoms with E-state index in [1.165, 1.54) is 12.8 Å². The Labute approximate surface area is 117 Å². The van der Waals surface area contributed by atoms with Gasteiger partial charge in [0, 0.05) is 17.6 Å². The van der Waals surface area contributed by atoms with Gasteiger partial charge in [-0.25, -0.2) is 0 Å². The zero-order valence-corrected chi connectivity index (χ0v) is 12.7. The normalized spacial score (nSPS) is 14.6. The van der Waals surface area contributed by atoms with E-state index in [0.29, 0.717) is 0 Å². The van der Waals surface area contributed by atoms with Gasteiger partial charge in [0.1, 0.15) is 0 Å². The topological polar surface area (TPSA) is 20.3 Å². The third-order valence-corrected chi connectivity index (χ3v) is 4.00. The molecule has 2 rings (SSSR count). The van der Waals surface area contributed by atoms with E-state index in [9.17, 15) is 4.79 Å². The number of amides is 1. The molecule has 0 heterocycles. The first-order chi connectivity index (χ1) is 8.61. The molecule has 0 N–H and O–H groups in total. The lowest BCUT2D eigenvalue weighted by atomic mass is 10.1. The molecule has 0 bridgehead atoms. The second-order valence-electron chi connectivity index (χ2n) is 5.18. The number of carbonyl (C=O) groups is 1. The van der Waals surface area contributed by atoms with Gasteiger partial charge in [0.25, 0.3) is 5.91 Å². The summed E-state index contributed by atoms with van der Waals surface area (Å²) in [7, 11) is 0. The number of halogens is 1. The molecule has 1 saturated carbocycles. The maximum Gasteiger partial charge on any atom is 0.255 e. The van der Waals surface area contributed by atoms with Crippen molar-refractivity contribution in [3.63, 3.8) is 0 Å². The van der Waals surface area contributed by atoms with Gasteiger partial charge in [-0.1, -0.05) is 18.6 Å². The predicted octanol–water partition coefficient (Wildman–Crippen LogP) is 4.02. The Morgan fingerprint density at radius 2 is 2.17 bits per heavy atom. The van der Waals surface area contributed by atoms with Crippen LogP contribution < -0.4 is 0 Å². The fourth-order valence-corrected chi connectivity index (χ4v) is 2.55. The van der Waals surface area contributed by atoms with E-state index in [1.54, 1.807) is 0 Å². The Hall–Kier alpha value is -0.830. The van der Waals surface area contributed by atoms with E-state index >= 15 is 0 Å². The average molecular weight is 310 g/mol. The summed E-state index contributed by atoms with van der Waals surface area (Å²) in [6, 6.07) is 5.96. The van der Waals surface area contributed by atoms with Crippen LogP contribution in [0.25, 0.3) is 0 Å². The van der Waals surface area contributed by atoms with Crippen molar-refractivity contribution in [2.75, 3.05) is 13.1 Å². The van der Waals surface area contributed by atoms with Crippen molar-refractivity contribution in [2.24, 2.45) is 5.92 Å². The third-order valence-electron chi connectivity index (χ3n) is 3.31. The van der Waals surface area contributed by atoms with Crippen LogP contribution in [0, 0.1) is 12.8 Å². The fraction of sp³-hybridized carbons (Fsp3) is 0.533. The molecule has 98 valence electrons. The first kappa shape index (κ1) is 13.6. The van der Waals surface area contributed by atoms with Gasteiger partial charge in [-0.15, -0.1) is 0 Å². The maximum atomic E-state index is 12.6. The van der Waals surface area contributed by atoms with Crippen molar-refractivity contribution in [1.82, 2.24) is 4.90 Å². The molecule has 1 aliphatic rings. The molecule has 0 unspecified atom stereocenters. The van der Waals surface area contributed by atoms with Gasteiger partial charge in [0.2, 0.25) is 0 Å². The molecule has 0 spiro atoms. The van der Waals surface area contributed by atoms with Crippen molar-refractivity contribution in [3.05, 3.63) is 33.8 Å². The highest BCUT2D eigenvalue weighted by Gasteiger charge is 2.27. The Morgan fingerprint density at radius 3 is 2.78 bits per heavy atom. The van der Waals surface area contributed by atoms with Crippen LogP contribution in [0.4, 0.5) is 0 Å². The zero-order valence-electron chi connectivity index (χ0n) is 11.1. The molecule has 1 aromatic rings. The van der Waals surface area contributed by atoms with Crippen molar-refractivity contribution < 1.29 is 4.79 Å². The van der Waals surface area contributed by atoms with Crippen molar-refractivity contribution in [2.45, 2.75) is 33.1 Å². The van der Waals surface area contributed by atoms with Crippen molar-refractivity contribution in [1.29, 1.82) is 0 Å². The summed E-state index contributed by atoms with van der Waals surface area (Å²) in [6.07, 6.45) is 3.58. The molecular formula is C15H20BrNO. The molecule has 1 aromatic carbocycles. The second-order valence-corrected chi connectivity index (χ2v) is 6.03. The van der Waals surface area contributed by atoms with Crippen LogP contribution >= 0.6 is 15.9 Å². The molecule has 18 heavy (non-hydrogen) atoms. The molecule has 0 aromatic heterocycles. The van der Waals surface area contributed by atoms with Crippen LogP contribution in [0.2, 0.25) is 0 Å². The summed E-state index contributed by atoms with van der Waals surface area (Å²) in [6.45, 7) is 5.93. The van der Waals surface area contributed by atoms with E-state index in [1.807, 2.05) is 30.0 Å². The van der Waals surface area contributed by atoms with Crippen LogP contribution in [-0.2, 0) is 0 Å². The lowest BCUT2D eigenvalue weighted by Crippen LogP contribution is -2.33. The fourth-order valence-electron chi connectivity index (χ4n) is 2.13. The van der Waals surface area contributed by atoms with Gasteiger partial charge in [-0.3, -0.25) is 4.79 Å². The molecule has 0 aliphatic heterocycles. The molecular weight excluding hydrogens is 290 g/mol. The van der Waals surface area contributed by atoms with Gasteiger partial charge in [0.05, 0.1) is 5.56 Å². The minimum Gasteiger partial charge on any atom is -0.338 e. The molecule has 1 fully saturated rings. The quantitative estimate of drug-likeness (QED) is 0.804. The number of benzene rings is 1. The smallest absolute Gasteiger partial charge is 0.255 e. The average Bonchev–Trinajstić information content (AvgIpc) is 3.15. The Kier molecular flexibility index (Phi) is 4.44. The van der Waals surface area contributed by atoms with Gasteiger partial charge in [-0.2, -0.15) is 0 Å². The predicted molar refractivity (Wildman–Crippen MR) is 77.8 cm³/mol. The maximum absolute atomic E-state index is 12.6. The van der Waals surface area contributed by atoms with Crippen molar-refractivity contribution >= 4 is 21.8 Å². The zero-order chi connectivity index (χ0) is 13.1. The van der Waals surface area contributed by atoms with Crippen LogP contribution in [0.15, 0.2) is 22.7 Å². The van der Waals surface area contributed by atoms with Crippen LogP contribution in [0.1, 0.15) is 42.1 Å². The van der Waals surface area contributed by atoms with Gasteiger partial charge >= 0.3 is 0 Å². The summed E-state index contributed by atoms with van der Waals surface area (Å²) >= 11 is 3.48.